The fourth-order valence-electron chi connectivity index (χ4n) is 4.41. The summed E-state index contributed by atoms with van der Waals surface area (Å²) in [6.45, 7) is 1.12. The average molecular weight is 516 g/mol. The number of alkyl halides is 6. The summed E-state index contributed by atoms with van der Waals surface area (Å²) in [7, 11) is -3.87. The molecule has 2 aromatic carbocycles. The van der Waals surface area contributed by atoms with Crippen LogP contribution in [0.15, 0.2) is 59.2 Å². The Morgan fingerprint density at radius 3 is 2.34 bits per heavy atom. The Hall–Kier alpha value is -3.15. The molecule has 2 aliphatic rings. The van der Waals surface area contributed by atoms with Gasteiger partial charge in [-0.15, -0.1) is 0 Å². The Balaban J connectivity index is 1.86. The van der Waals surface area contributed by atoms with Crippen molar-refractivity contribution in [1.82, 2.24) is 5.01 Å². The number of nitrogens with zero attached hydrogens (tertiary/aromatic N) is 2. The topological polar surface area (TPSA) is 66.8 Å². The van der Waals surface area contributed by atoms with Crippen molar-refractivity contribution in [3.05, 3.63) is 76.4 Å². The summed E-state index contributed by atoms with van der Waals surface area (Å²) in [4.78, 5) is 12.3. The maximum atomic E-state index is 13.5. The lowest BCUT2D eigenvalue weighted by atomic mass is 9.87. The van der Waals surface area contributed by atoms with Gasteiger partial charge in [0, 0.05) is 12.8 Å². The Kier molecular flexibility index (Phi) is 6.06. The second-order valence-electron chi connectivity index (χ2n) is 8.33. The molecule has 2 unspecified atom stereocenters. The average Bonchev–Trinajstić information content (AvgIpc) is 3.11. The van der Waals surface area contributed by atoms with Gasteiger partial charge in [0.05, 0.1) is 34.4 Å². The molecule has 0 spiro atoms. The highest BCUT2D eigenvalue weighted by atomic mass is 32.2. The van der Waals surface area contributed by atoms with Crippen molar-refractivity contribution in [2.24, 2.45) is 11.0 Å². The van der Waals surface area contributed by atoms with Crippen LogP contribution in [-0.2, 0) is 27.0 Å². The SMILES string of the molecule is CC(=O)N1N=C2/C(=C/c3ccccc3C(F)(F)F)CS(=O)(=O)CC2C1c1cccc(C(F)(F)F)c1. The van der Waals surface area contributed by atoms with Crippen molar-refractivity contribution in [2.45, 2.75) is 25.3 Å². The van der Waals surface area contributed by atoms with Gasteiger partial charge < -0.3 is 0 Å². The molecule has 12 heteroatoms. The van der Waals surface area contributed by atoms with Gasteiger partial charge in [0.25, 0.3) is 0 Å². The van der Waals surface area contributed by atoms with Crippen molar-refractivity contribution < 1.29 is 39.6 Å². The van der Waals surface area contributed by atoms with E-state index in [0.717, 1.165) is 42.3 Å². The van der Waals surface area contributed by atoms with Crippen molar-refractivity contribution in [2.75, 3.05) is 11.5 Å². The Morgan fingerprint density at radius 2 is 1.71 bits per heavy atom. The smallest absolute Gasteiger partial charge is 0.273 e. The van der Waals surface area contributed by atoms with E-state index in [9.17, 15) is 39.6 Å². The number of sulfone groups is 1. The van der Waals surface area contributed by atoms with E-state index in [0.29, 0.717) is 0 Å². The molecule has 5 nitrogen and oxygen atoms in total. The summed E-state index contributed by atoms with van der Waals surface area (Å²) in [5.41, 5.74) is -2.21. The van der Waals surface area contributed by atoms with Crippen molar-refractivity contribution in [3.8, 4) is 0 Å². The molecule has 1 fully saturated rings. The number of benzene rings is 2. The lowest BCUT2D eigenvalue weighted by Crippen LogP contribution is -2.38. The largest absolute Gasteiger partial charge is 0.416 e. The van der Waals surface area contributed by atoms with Gasteiger partial charge >= 0.3 is 12.4 Å². The molecular formula is C23H18F6N2O3S. The third kappa shape index (κ3) is 4.97. The molecule has 4 rings (SSSR count). The van der Waals surface area contributed by atoms with Crippen LogP contribution in [0, 0.1) is 5.92 Å². The molecule has 0 N–H and O–H groups in total. The zero-order valence-electron chi connectivity index (χ0n) is 18.1. The number of hydrazone groups is 1. The Labute approximate surface area is 196 Å². The standard InChI is InChI=1S/C23H18F6N2O3S/c1-13(32)31-21(15-6-4-7-17(10-15)22(24,25)26)18-12-35(33,34)11-16(20(18)30-31)9-14-5-2-3-8-19(14)23(27,28)29/h2-10,18,21H,11-12H2,1H3/b16-9+. The van der Waals surface area contributed by atoms with Gasteiger partial charge in [0.15, 0.2) is 9.84 Å². The van der Waals surface area contributed by atoms with Gasteiger partial charge in [-0.05, 0) is 41.0 Å². The van der Waals surface area contributed by atoms with Crippen LogP contribution in [0.4, 0.5) is 26.3 Å². The van der Waals surface area contributed by atoms with Crippen LogP contribution in [0.1, 0.15) is 35.2 Å². The van der Waals surface area contributed by atoms with Crippen LogP contribution in [0.25, 0.3) is 6.08 Å². The minimum Gasteiger partial charge on any atom is -0.273 e. The lowest BCUT2D eigenvalue weighted by Gasteiger charge is -2.29. The highest BCUT2D eigenvalue weighted by Crippen LogP contribution is 2.43. The van der Waals surface area contributed by atoms with Crippen LogP contribution in [0.5, 0.6) is 0 Å². The zero-order chi connectivity index (χ0) is 25.8. The molecule has 2 atom stereocenters. The number of carbonyl (C=O) groups excluding carboxylic acids is 1. The first kappa shape index (κ1) is 25.0. The van der Waals surface area contributed by atoms with E-state index >= 15 is 0 Å². The van der Waals surface area contributed by atoms with Gasteiger partial charge in [0.2, 0.25) is 5.91 Å². The molecule has 1 amide bonds. The monoisotopic (exact) mass is 516 g/mol. The van der Waals surface area contributed by atoms with E-state index in [1.54, 1.807) is 0 Å². The summed E-state index contributed by atoms with van der Waals surface area (Å²) >= 11 is 0. The maximum absolute atomic E-state index is 13.5. The van der Waals surface area contributed by atoms with Gasteiger partial charge in [-0.2, -0.15) is 31.4 Å². The normalized spacial score (nSPS) is 23.2. The van der Waals surface area contributed by atoms with Crippen molar-refractivity contribution >= 4 is 27.5 Å². The highest BCUT2D eigenvalue weighted by Gasteiger charge is 2.47. The van der Waals surface area contributed by atoms with E-state index < -0.39 is 62.7 Å². The minimum atomic E-state index is -4.70. The van der Waals surface area contributed by atoms with E-state index in [4.69, 9.17) is 0 Å². The molecule has 0 aliphatic carbocycles. The molecular weight excluding hydrogens is 498 g/mol. The molecule has 2 heterocycles. The zero-order valence-corrected chi connectivity index (χ0v) is 18.9. The Bertz CT molecular complexity index is 1350. The van der Waals surface area contributed by atoms with Crippen molar-refractivity contribution in [3.63, 3.8) is 0 Å². The number of hydrogen-bond donors (Lipinski definition) is 0. The molecule has 2 aromatic rings. The van der Waals surface area contributed by atoms with Crippen LogP contribution < -0.4 is 0 Å². The number of amides is 1. The van der Waals surface area contributed by atoms with Gasteiger partial charge in [0.1, 0.15) is 0 Å². The minimum absolute atomic E-state index is 0.0194. The molecule has 35 heavy (non-hydrogen) atoms. The van der Waals surface area contributed by atoms with Gasteiger partial charge in [-0.25, -0.2) is 13.4 Å². The van der Waals surface area contributed by atoms with E-state index in [1.165, 1.54) is 24.3 Å². The third-order valence-corrected chi connectivity index (χ3v) is 7.44. The highest BCUT2D eigenvalue weighted by molar-refractivity contribution is 7.91. The van der Waals surface area contributed by atoms with Crippen molar-refractivity contribution in [1.29, 1.82) is 0 Å². The number of hydrogen-bond acceptors (Lipinski definition) is 4. The number of halogens is 6. The van der Waals surface area contributed by atoms with E-state index in [-0.39, 0.29) is 22.4 Å². The quantitative estimate of drug-likeness (QED) is 0.521. The number of carbonyl (C=O) groups is 1. The van der Waals surface area contributed by atoms with Crippen LogP contribution in [-0.4, -0.2) is 36.6 Å². The fraction of sp³-hybridized carbons (Fsp3) is 0.304. The molecule has 0 aromatic heterocycles. The summed E-state index contributed by atoms with van der Waals surface area (Å²) in [5, 5.41) is 5.10. The summed E-state index contributed by atoms with van der Waals surface area (Å²) in [6.07, 6.45) is -8.31. The number of rotatable bonds is 2. The summed E-state index contributed by atoms with van der Waals surface area (Å²) < 4.78 is 106. The molecule has 0 saturated carbocycles. The first-order valence-corrected chi connectivity index (χ1v) is 12.1. The summed E-state index contributed by atoms with van der Waals surface area (Å²) in [6, 6.07) is 7.55. The first-order valence-electron chi connectivity index (χ1n) is 10.3. The number of fused-ring (bicyclic) bond motifs is 1. The van der Waals surface area contributed by atoms with E-state index in [1.807, 2.05) is 0 Å². The molecule has 0 radical (unpaired) electrons. The molecule has 1 saturated heterocycles. The Morgan fingerprint density at radius 1 is 1.03 bits per heavy atom. The van der Waals surface area contributed by atoms with Crippen LogP contribution in [0.3, 0.4) is 0 Å². The maximum Gasteiger partial charge on any atom is 0.416 e. The van der Waals surface area contributed by atoms with Crippen LogP contribution >= 0.6 is 0 Å². The second kappa shape index (κ2) is 8.51. The molecule has 0 bridgehead atoms. The first-order chi connectivity index (χ1) is 16.2. The summed E-state index contributed by atoms with van der Waals surface area (Å²) in [5.74, 6) is -2.84. The fourth-order valence-corrected chi connectivity index (χ4v) is 6.12. The second-order valence-corrected chi connectivity index (χ2v) is 10.4. The van der Waals surface area contributed by atoms with E-state index in [2.05, 4.69) is 5.10 Å². The molecule has 186 valence electrons. The van der Waals surface area contributed by atoms with Crippen LogP contribution in [0.2, 0.25) is 0 Å². The van der Waals surface area contributed by atoms with Gasteiger partial charge in [-0.3, -0.25) is 4.79 Å². The third-order valence-electron chi connectivity index (χ3n) is 5.82. The molecule has 2 aliphatic heterocycles. The predicted molar refractivity (Wildman–Crippen MR) is 116 cm³/mol. The lowest BCUT2D eigenvalue weighted by molar-refractivity contribution is -0.138. The van der Waals surface area contributed by atoms with Gasteiger partial charge in [-0.1, -0.05) is 30.3 Å². The predicted octanol–water partition coefficient (Wildman–Crippen LogP) is 5.11.